The van der Waals surface area contributed by atoms with Crippen LogP contribution in [0, 0.1) is 0 Å². The van der Waals surface area contributed by atoms with Gasteiger partial charge in [0.05, 0.1) is 0 Å². The average molecular weight is 254 g/mol. The molecule has 0 unspecified atom stereocenters. The molecule has 0 saturated carbocycles. The maximum Gasteiger partial charge on any atom is 0.312 e. The van der Waals surface area contributed by atoms with Gasteiger partial charge in [0.2, 0.25) is 0 Å². The maximum absolute atomic E-state index is 11.8. The van der Waals surface area contributed by atoms with Gasteiger partial charge in [0.25, 0.3) is 0 Å². The second kappa shape index (κ2) is 6.52. The van der Waals surface area contributed by atoms with Crippen molar-refractivity contribution < 1.29 is 14.4 Å². The third-order valence-corrected chi connectivity index (χ3v) is 3.17. The average Bonchev–Trinajstić information content (AvgIpc) is 2.29. The summed E-state index contributed by atoms with van der Waals surface area (Å²) in [6, 6.07) is 0.0707. The summed E-state index contributed by atoms with van der Waals surface area (Å²) in [5, 5.41) is 0. The first-order chi connectivity index (χ1) is 8.43. The monoisotopic (exact) mass is 254 g/mol. The first-order valence-electron chi connectivity index (χ1n) is 6.52. The Bertz CT molecular complexity index is 339. The van der Waals surface area contributed by atoms with E-state index < -0.39 is 11.8 Å². The summed E-state index contributed by atoms with van der Waals surface area (Å²) in [7, 11) is 0. The molecule has 1 fully saturated rings. The Hall–Kier alpha value is -1.39. The van der Waals surface area contributed by atoms with Crippen LogP contribution in [0.4, 0.5) is 0 Å². The fourth-order valence-electron chi connectivity index (χ4n) is 2.07. The van der Waals surface area contributed by atoms with Gasteiger partial charge in [0, 0.05) is 32.1 Å². The first kappa shape index (κ1) is 14.7. The molecule has 1 rings (SSSR count). The second-order valence-electron chi connectivity index (χ2n) is 5.04. The van der Waals surface area contributed by atoms with Crippen molar-refractivity contribution in [1.29, 1.82) is 0 Å². The van der Waals surface area contributed by atoms with Crippen LogP contribution < -0.4 is 0 Å². The highest BCUT2D eigenvalue weighted by atomic mass is 16.2. The number of hydrogen-bond acceptors (Lipinski definition) is 3. The Morgan fingerprint density at radius 3 is 2.39 bits per heavy atom. The molecule has 5 nitrogen and oxygen atoms in total. The van der Waals surface area contributed by atoms with Crippen LogP contribution in [-0.4, -0.2) is 53.1 Å². The van der Waals surface area contributed by atoms with E-state index in [-0.39, 0.29) is 11.8 Å². The van der Waals surface area contributed by atoms with Gasteiger partial charge in [-0.3, -0.25) is 9.59 Å². The third kappa shape index (κ3) is 3.82. The van der Waals surface area contributed by atoms with Gasteiger partial charge in [-0.2, -0.15) is 0 Å². The van der Waals surface area contributed by atoms with E-state index in [0.29, 0.717) is 26.1 Å². The molecule has 18 heavy (non-hydrogen) atoms. The molecule has 0 aromatic rings. The smallest absolute Gasteiger partial charge is 0.312 e. The summed E-state index contributed by atoms with van der Waals surface area (Å²) >= 11 is 0. The first-order valence-corrected chi connectivity index (χ1v) is 6.52. The molecule has 1 heterocycles. The largest absolute Gasteiger partial charge is 0.333 e. The Balaban J connectivity index is 2.39. The van der Waals surface area contributed by atoms with Crippen LogP contribution in [0.2, 0.25) is 0 Å². The van der Waals surface area contributed by atoms with Crippen molar-refractivity contribution in [3.8, 4) is 0 Å². The van der Waals surface area contributed by atoms with Crippen LogP contribution in [-0.2, 0) is 14.4 Å². The number of amides is 2. The maximum atomic E-state index is 11.8. The van der Waals surface area contributed by atoms with Gasteiger partial charge in [-0.1, -0.05) is 0 Å². The lowest BCUT2D eigenvalue weighted by molar-refractivity contribution is -0.157. The molecule has 1 saturated heterocycles. The fraction of sp³-hybridized carbons (Fsp3) is 0.769. The van der Waals surface area contributed by atoms with Crippen molar-refractivity contribution in [2.75, 3.05) is 19.6 Å². The number of piperazine rings is 1. The van der Waals surface area contributed by atoms with Gasteiger partial charge in [-0.25, -0.2) is 0 Å². The van der Waals surface area contributed by atoms with E-state index in [1.165, 1.54) is 0 Å². The normalized spacial score (nSPS) is 16.7. The Labute approximate surface area is 108 Å². The molecule has 0 aliphatic carbocycles. The molecule has 0 aromatic heterocycles. The molecule has 1 aliphatic heterocycles. The molecule has 0 spiro atoms. The molecule has 0 N–H and O–H groups in total. The number of hydrogen-bond donors (Lipinski definition) is 0. The topological polar surface area (TPSA) is 57.7 Å². The van der Waals surface area contributed by atoms with E-state index >= 15 is 0 Å². The molecule has 0 aromatic carbocycles. The second-order valence-corrected chi connectivity index (χ2v) is 5.04. The van der Waals surface area contributed by atoms with Gasteiger partial charge in [-0.15, -0.1) is 0 Å². The molecule has 102 valence electrons. The fourth-order valence-corrected chi connectivity index (χ4v) is 2.07. The van der Waals surface area contributed by atoms with Gasteiger partial charge in [-0.05, 0) is 33.6 Å². The van der Waals surface area contributed by atoms with Crippen molar-refractivity contribution >= 4 is 17.6 Å². The highest BCUT2D eigenvalue weighted by Crippen LogP contribution is 2.10. The van der Waals surface area contributed by atoms with Gasteiger partial charge in [0.15, 0.2) is 0 Å². The summed E-state index contributed by atoms with van der Waals surface area (Å²) < 4.78 is 0. The lowest BCUT2D eigenvalue weighted by Crippen LogP contribution is -2.56. The van der Waals surface area contributed by atoms with Crippen LogP contribution in [0.25, 0.3) is 0 Å². The van der Waals surface area contributed by atoms with Crippen molar-refractivity contribution in [3.63, 3.8) is 0 Å². The lowest BCUT2D eigenvalue weighted by atomic mass is 10.1. The van der Waals surface area contributed by atoms with Gasteiger partial charge < -0.3 is 14.6 Å². The molecule has 5 heteroatoms. The molecule has 0 atom stereocenters. The summed E-state index contributed by atoms with van der Waals surface area (Å²) in [4.78, 5) is 37.6. The SMILES string of the molecule is CC(=O)CCCCN1CCN(C(C)C)C(=O)C1=O. The van der Waals surface area contributed by atoms with E-state index in [4.69, 9.17) is 0 Å². The lowest BCUT2D eigenvalue weighted by Gasteiger charge is -2.36. The predicted molar refractivity (Wildman–Crippen MR) is 68.0 cm³/mol. The van der Waals surface area contributed by atoms with Crippen LogP contribution >= 0.6 is 0 Å². The van der Waals surface area contributed by atoms with E-state index in [0.717, 1.165) is 12.8 Å². The summed E-state index contributed by atoms with van der Waals surface area (Å²) in [6.07, 6.45) is 2.11. The Morgan fingerprint density at radius 2 is 1.83 bits per heavy atom. The van der Waals surface area contributed by atoms with Crippen LogP contribution in [0.5, 0.6) is 0 Å². The van der Waals surface area contributed by atoms with Crippen LogP contribution in [0.1, 0.15) is 40.0 Å². The molecular weight excluding hydrogens is 232 g/mol. The van der Waals surface area contributed by atoms with Crippen molar-refractivity contribution in [3.05, 3.63) is 0 Å². The minimum atomic E-state index is -0.405. The summed E-state index contributed by atoms with van der Waals surface area (Å²) in [5.74, 6) is -0.636. The standard InChI is InChI=1S/C13H22N2O3/c1-10(2)15-9-8-14(12(17)13(15)18)7-5-4-6-11(3)16/h10H,4-9H2,1-3H3. The number of unbranched alkanes of at least 4 members (excludes halogenated alkanes) is 1. The molecule has 0 bridgehead atoms. The zero-order chi connectivity index (χ0) is 13.7. The van der Waals surface area contributed by atoms with Gasteiger partial charge in [0.1, 0.15) is 5.78 Å². The number of Topliss-reactive ketones (excluding diaryl/α,β-unsaturated/α-hetero) is 1. The predicted octanol–water partition coefficient (Wildman–Crippen LogP) is 0.825. The number of ketones is 1. The number of rotatable bonds is 6. The molecule has 2 amide bonds. The minimum Gasteiger partial charge on any atom is -0.333 e. The van der Waals surface area contributed by atoms with Crippen LogP contribution in [0.15, 0.2) is 0 Å². The summed E-state index contributed by atoms with van der Waals surface area (Å²) in [6.45, 7) is 7.17. The third-order valence-electron chi connectivity index (χ3n) is 3.17. The minimum absolute atomic E-state index is 0.0707. The quantitative estimate of drug-likeness (QED) is 0.521. The van der Waals surface area contributed by atoms with Crippen LogP contribution in [0.3, 0.4) is 0 Å². The number of nitrogens with zero attached hydrogens (tertiary/aromatic N) is 2. The highest BCUT2D eigenvalue weighted by Gasteiger charge is 2.33. The van der Waals surface area contributed by atoms with E-state index in [9.17, 15) is 14.4 Å². The van der Waals surface area contributed by atoms with E-state index in [2.05, 4.69) is 0 Å². The van der Waals surface area contributed by atoms with Crippen molar-refractivity contribution in [2.45, 2.75) is 46.1 Å². The molecule has 0 radical (unpaired) electrons. The molecule has 1 aliphatic rings. The number of carbonyl (C=O) groups is 3. The van der Waals surface area contributed by atoms with Gasteiger partial charge >= 0.3 is 11.8 Å². The molecular formula is C13H22N2O3. The zero-order valence-electron chi connectivity index (χ0n) is 11.4. The summed E-state index contributed by atoms with van der Waals surface area (Å²) in [5.41, 5.74) is 0. The Morgan fingerprint density at radius 1 is 1.17 bits per heavy atom. The van der Waals surface area contributed by atoms with E-state index in [1.807, 2.05) is 13.8 Å². The highest BCUT2D eigenvalue weighted by molar-refractivity contribution is 6.35. The number of carbonyl (C=O) groups excluding carboxylic acids is 3. The van der Waals surface area contributed by atoms with Crippen molar-refractivity contribution in [2.24, 2.45) is 0 Å². The Kier molecular flexibility index (Phi) is 5.31. The van der Waals surface area contributed by atoms with Crippen molar-refractivity contribution in [1.82, 2.24) is 9.80 Å². The van der Waals surface area contributed by atoms with E-state index in [1.54, 1.807) is 16.7 Å². The zero-order valence-corrected chi connectivity index (χ0v) is 11.4.